The van der Waals surface area contributed by atoms with Gasteiger partial charge in [0.1, 0.15) is 42.7 Å². The van der Waals surface area contributed by atoms with Crippen LogP contribution in [-0.2, 0) is 64.3 Å². The second-order valence-corrected chi connectivity index (χ2v) is 16.4. The standard InChI is InChI=1S/C46H52N12O11/c47-55-51-22-34-37(59)38(60)36(54-58-50)45(66-34)68-40-32(52-56-48)21-33(53-57-49)41(39(40)61)69-46-44(65-26-31-19-11-4-12-20-31)43(64-25-30-17-9-3-10-18-30)42(63-24-29-15-7-2-8-16-29)35(67-46)27-62-23-28-13-5-1-6-14-28/h1-20,32-46,59-61H,21-27H2/t32-,33+,34+,35+,36+,37+,38+,39-,40+,41-,42-,43-,44+,45+,46+/m0/s1. The Hall–Kier alpha value is -6.32. The first-order valence-corrected chi connectivity index (χ1v) is 22.2. The van der Waals surface area contributed by atoms with Crippen molar-refractivity contribution in [3.05, 3.63) is 185 Å². The quantitative estimate of drug-likeness (QED) is 0.0408. The fraction of sp³-hybridized carbons (Fsp3) is 0.478. The fourth-order valence-electron chi connectivity index (χ4n) is 8.50. The van der Waals surface area contributed by atoms with Crippen molar-refractivity contribution in [1.29, 1.82) is 0 Å². The molecule has 0 unspecified atom stereocenters. The lowest BCUT2D eigenvalue weighted by Gasteiger charge is -2.49. The van der Waals surface area contributed by atoms with E-state index in [-0.39, 0.29) is 39.5 Å². The molecular formula is C46H52N12O11. The predicted octanol–water partition coefficient (Wildman–Crippen LogP) is 7.01. The molecule has 7 rings (SSSR count). The Balaban J connectivity index is 1.26. The van der Waals surface area contributed by atoms with Crippen LogP contribution in [0.4, 0.5) is 0 Å². The third-order valence-electron chi connectivity index (χ3n) is 11.9. The van der Waals surface area contributed by atoms with Gasteiger partial charge in [0.05, 0.1) is 76.1 Å². The van der Waals surface area contributed by atoms with Gasteiger partial charge in [0.25, 0.3) is 0 Å². The number of hydrogen-bond donors (Lipinski definition) is 3. The van der Waals surface area contributed by atoms with Crippen LogP contribution in [0.1, 0.15) is 28.7 Å². The molecule has 2 saturated heterocycles. The number of azide groups is 4. The normalized spacial score (nSPS) is 30.9. The van der Waals surface area contributed by atoms with E-state index in [0.717, 1.165) is 22.3 Å². The van der Waals surface area contributed by atoms with Crippen LogP contribution in [0.15, 0.2) is 142 Å². The molecule has 23 nitrogen and oxygen atoms in total. The minimum atomic E-state index is -1.83. The number of nitrogens with zero attached hydrogens (tertiary/aromatic N) is 12. The van der Waals surface area contributed by atoms with Crippen LogP contribution in [-0.4, -0.2) is 120 Å². The van der Waals surface area contributed by atoms with Crippen LogP contribution in [0.25, 0.3) is 41.8 Å². The molecule has 0 bridgehead atoms. The molecular weight excluding hydrogens is 897 g/mol. The average Bonchev–Trinajstić information content (AvgIpc) is 3.37. The Morgan fingerprint density at radius 2 is 0.928 bits per heavy atom. The molecule has 1 saturated carbocycles. The van der Waals surface area contributed by atoms with Crippen molar-refractivity contribution in [1.82, 2.24) is 0 Å². The summed E-state index contributed by atoms with van der Waals surface area (Å²) >= 11 is 0. The summed E-state index contributed by atoms with van der Waals surface area (Å²) in [5.74, 6) is 0. The van der Waals surface area contributed by atoms with Crippen LogP contribution in [0.3, 0.4) is 0 Å². The van der Waals surface area contributed by atoms with Crippen molar-refractivity contribution in [2.45, 2.75) is 125 Å². The Kier molecular flexibility index (Phi) is 19.0. The minimum absolute atomic E-state index is 0.0342. The summed E-state index contributed by atoms with van der Waals surface area (Å²) in [5.41, 5.74) is 41.4. The van der Waals surface area contributed by atoms with Crippen molar-refractivity contribution in [3.63, 3.8) is 0 Å². The lowest BCUT2D eigenvalue weighted by molar-refractivity contribution is -0.349. The number of rotatable bonds is 22. The Morgan fingerprint density at radius 1 is 0.478 bits per heavy atom. The number of hydrogen-bond acceptors (Lipinski definition) is 15. The van der Waals surface area contributed by atoms with E-state index in [4.69, 9.17) is 43.4 Å². The van der Waals surface area contributed by atoms with Crippen LogP contribution < -0.4 is 0 Å². The zero-order valence-electron chi connectivity index (χ0n) is 37.1. The number of ether oxygens (including phenoxy) is 8. The Bertz CT molecular complexity index is 2400. The van der Waals surface area contributed by atoms with Crippen LogP contribution in [0, 0.1) is 0 Å². The van der Waals surface area contributed by atoms with E-state index in [1.807, 2.05) is 121 Å². The third kappa shape index (κ3) is 13.5. The van der Waals surface area contributed by atoms with Crippen LogP contribution in [0.5, 0.6) is 0 Å². The van der Waals surface area contributed by atoms with Gasteiger partial charge in [0.2, 0.25) is 0 Å². The highest BCUT2D eigenvalue weighted by Crippen LogP contribution is 2.38. The third-order valence-corrected chi connectivity index (χ3v) is 11.9. The van der Waals surface area contributed by atoms with Crippen LogP contribution in [0.2, 0.25) is 0 Å². The molecule has 0 spiro atoms. The Morgan fingerprint density at radius 3 is 1.42 bits per heavy atom. The number of aliphatic hydroxyl groups excluding tert-OH is 3. The van der Waals surface area contributed by atoms with Crippen LogP contribution >= 0.6 is 0 Å². The van der Waals surface area contributed by atoms with Gasteiger partial charge >= 0.3 is 0 Å². The predicted molar refractivity (Wildman–Crippen MR) is 244 cm³/mol. The van der Waals surface area contributed by atoms with Gasteiger partial charge in [-0.25, -0.2) is 0 Å². The van der Waals surface area contributed by atoms with E-state index < -0.39 is 98.3 Å². The van der Waals surface area contributed by atoms with Crippen molar-refractivity contribution in [2.75, 3.05) is 13.2 Å². The Labute approximate surface area is 395 Å². The summed E-state index contributed by atoms with van der Waals surface area (Å²) in [4.78, 5) is 11.4. The monoisotopic (exact) mass is 948 g/mol. The van der Waals surface area contributed by atoms with Gasteiger partial charge in [-0.3, -0.25) is 0 Å². The van der Waals surface area contributed by atoms with E-state index in [1.54, 1.807) is 0 Å². The topological polar surface area (TPSA) is 330 Å². The van der Waals surface area contributed by atoms with E-state index in [1.165, 1.54) is 0 Å². The van der Waals surface area contributed by atoms with Crippen molar-refractivity contribution < 1.29 is 53.2 Å². The summed E-state index contributed by atoms with van der Waals surface area (Å²) in [7, 11) is 0. The van der Waals surface area contributed by atoms with Gasteiger partial charge in [-0.1, -0.05) is 142 Å². The zero-order chi connectivity index (χ0) is 48.4. The summed E-state index contributed by atoms with van der Waals surface area (Å²) < 4.78 is 52.4. The van der Waals surface area contributed by atoms with Gasteiger partial charge in [0, 0.05) is 19.6 Å². The highest BCUT2D eigenvalue weighted by Gasteiger charge is 2.54. The number of benzene rings is 4. The van der Waals surface area contributed by atoms with Gasteiger partial charge < -0.3 is 53.2 Å². The molecule has 2 heterocycles. The summed E-state index contributed by atoms with van der Waals surface area (Å²) in [5, 5.41) is 49.0. The second kappa shape index (κ2) is 25.9. The zero-order valence-corrected chi connectivity index (χ0v) is 37.1. The molecule has 3 aliphatic rings. The van der Waals surface area contributed by atoms with Gasteiger partial charge in [-0.05, 0) is 50.8 Å². The first-order valence-electron chi connectivity index (χ1n) is 22.2. The lowest BCUT2D eigenvalue weighted by Crippen LogP contribution is -2.65. The molecule has 3 N–H and O–H groups in total. The molecule has 0 amide bonds. The van der Waals surface area contributed by atoms with Crippen molar-refractivity contribution in [2.24, 2.45) is 20.5 Å². The molecule has 23 heteroatoms. The summed E-state index contributed by atoms with van der Waals surface area (Å²) in [6, 6.07) is 33.9. The smallest absolute Gasteiger partial charge is 0.187 e. The molecule has 2 aliphatic heterocycles. The molecule has 69 heavy (non-hydrogen) atoms. The average molecular weight is 949 g/mol. The van der Waals surface area contributed by atoms with Gasteiger partial charge in [-0.2, -0.15) is 0 Å². The molecule has 362 valence electrons. The second-order valence-electron chi connectivity index (χ2n) is 16.4. The highest BCUT2D eigenvalue weighted by molar-refractivity contribution is 5.17. The lowest BCUT2D eigenvalue weighted by atomic mass is 9.84. The summed E-state index contributed by atoms with van der Waals surface area (Å²) in [6.07, 6.45) is -16.9. The van der Waals surface area contributed by atoms with E-state index in [2.05, 4.69) is 40.1 Å². The molecule has 4 aromatic carbocycles. The molecule has 0 aromatic heterocycles. The fourth-order valence-corrected chi connectivity index (χ4v) is 8.50. The maximum absolute atomic E-state index is 12.4. The SMILES string of the molecule is [N-]=[N+]=NC[C@H]1O[C@H](O[C@H]2[C@H](O)[C@@H](O[C@H]3O[C@H](COCc4ccccc4)[C@H](OCc4ccccc4)[C@H](OCc4ccccc4)[C@H]3OCc3ccccc3)[C@H](N=[N+]=[N-])C[C@@H]2N=[N+]=[N-])[C@H](N=[N+]=[N-])[C@@H](O)[C@@H]1O. The minimum Gasteiger partial charge on any atom is -0.390 e. The maximum Gasteiger partial charge on any atom is 0.187 e. The molecule has 3 fully saturated rings. The van der Waals surface area contributed by atoms with Gasteiger partial charge in [0.15, 0.2) is 12.6 Å². The largest absolute Gasteiger partial charge is 0.390 e. The van der Waals surface area contributed by atoms with Gasteiger partial charge in [-0.15, -0.1) is 0 Å². The molecule has 1 aliphatic carbocycles. The first kappa shape index (κ1) is 50.6. The maximum atomic E-state index is 12.4. The molecule has 0 radical (unpaired) electrons. The van der Waals surface area contributed by atoms with E-state index in [9.17, 15) is 31.9 Å². The highest BCUT2D eigenvalue weighted by atomic mass is 16.7. The van der Waals surface area contributed by atoms with E-state index >= 15 is 0 Å². The summed E-state index contributed by atoms with van der Waals surface area (Å²) in [6.45, 7) is 0.0338. The number of aliphatic hydroxyl groups is 3. The van der Waals surface area contributed by atoms with Crippen molar-refractivity contribution in [3.8, 4) is 0 Å². The molecule has 15 atom stereocenters. The van der Waals surface area contributed by atoms with Crippen molar-refractivity contribution >= 4 is 0 Å². The van der Waals surface area contributed by atoms with E-state index in [0.29, 0.717) is 0 Å². The first-order chi connectivity index (χ1) is 33.8. The molecule has 4 aromatic rings.